The van der Waals surface area contributed by atoms with Gasteiger partial charge in [0.2, 0.25) is 5.88 Å². The molecule has 3 rings (SSSR count). The summed E-state index contributed by atoms with van der Waals surface area (Å²) in [5, 5.41) is 13.1. The first-order chi connectivity index (χ1) is 10.9. The van der Waals surface area contributed by atoms with Crippen molar-refractivity contribution in [2.24, 2.45) is 0 Å². The van der Waals surface area contributed by atoms with E-state index in [9.17, 15) is 0 Å². The third kappa shape index (κ3) is 3.43. The molecule has 0 saturated heterocycles. The molecule has 3 aromatic rings. The van der Waals surface area contributed by atoms with Gasteiger partial charge in [-0.3, -0.25) is 0 Å². The van der Waals surface area contributed by atoms with Crippen molar-refractivity contribution in [2.45, 2.75) is 25.9 Å². The van der Waals surface area contributed by atoms with Crippen molar-refractivity contribution in [1.82, 2.24) is 14.6 Å². The van der Waals surface area contributed by atoms with Crippen LogP contribution in [-0.4, -0.2) is 26.3 Å². The maximum absolute atomic E-state index is 8.89. The van der Waals surface area contributed by atoms with Crippen LogP contribution >= 0.6 is 0 Å². The van der Waals surface area contributed by atoms with E-state index in [0.29, 0.717) is 12.5 Å². The third-order valence-corrected chi connectivity index (χ3v) is 3.45. The molecule has 2 heterocycles. The molecule has 5 nitrogen and oxygen atoms in total. The molecule has 1 N–H and O–H groups in total. The second-order valence-corrected chi connectivity index (χ2v) is 5.14. The first-order valence-corrected chi connectivity index (χ1v) is 7.48. The Balaban J connectivity index is 1.79. The fourth-order valence-corrected chi connectivity index (χ4v) is 2.31. The molecular formula is C17H19N3O2. The van der Waals surface area contributed by atoms with E-state index >= 15 is 0 Å². The summed E-state index contributed by atoms with van der Waals surface area (Å²) in [6, 6.07) is 13.8. The SMILES string of the molecule is OCCCCc1cc(OCc2ccccc2)n2nccc2n1. The van der Waals surface area contributed by atoms with Crippen LogP contribution in [0.2, 0.25) is 0 Å². The van der Waals surface area contributed by atoms with E-state index < -0.39 is 0 Å². The molecule has 0 aliphatic heterocycles. The summed E-state index contributed by atoms with van der Waals surface area (Å²) < 4.78 is 7.63. The van der Waals surface area contributed by atoms with E-state index in [1.54, 1.807) is 10.7 Å². The molecule has 0 aliphatic carbocycles. The van der Waals surface area contributed by atoms with Crippen LogP contribution in [0.15, 0.2) is 48.7 Å². The number of ether oxygens (including phenoxy) is 1. The van der Waals surface area contributed by atoms with Gasteiger partial charge in [0, 0.05) is 24.4 Å². The first-order valence-electron chi connectivity index (χ1n) is 7.48. The van der Waals surface area contributed by atoms with Crippen molar-refractivity contribution in [3.8, 4) is 5.88 Å². The minimum atomic E-state index is 0.215. The van der Waals surface area contributed by atoms with Crippen LogP contribution < -0.4 is 4.74 Å². The van der Waals surface area contributed by atoms with E-state index in [1.165, 1.54) is 0 Å². The van der Waals surface area contributed by atoms with Gasteiger partial charge in [-0.25, -0.2) is 4.98 Å². The van der Waals surface area contributed by atoms with Crippen molar-refractivity contribution in [2.75, 3.05) is 6.61 Å². The number of hydrogen-bond acceptors (Lipinski definition) is 4. The molecule has 0 saturated carbocycles. The van der Waals surface area contributed by atoms with E-state index in [2.05, 4.69) is 10.1 Å². The number of nitrogens with zero attached hydrogens (tertiary/aromatic N) is 3. The van der Waals surface area contributed by atoms with Crippen LogP contribution in [0.1, 0.15) is 24.1 Å². The second kappa shape index (κ2) is 7.04. The molecule has 0 unspecified atom stereocenters. The lowest BCUT2D eigenvalue weighted by Crippen LogP contribution is -2.04. The Morgan fingerprint density at radius 3 is 2.77 bits per heavy atom. The molecule has 2 aromatic heterocycles. The molecule has 0 atom stereocenters. The normalized spacial score (nSPS) is 11.0. The largest absolute Gasteiger partial charge is 0.473 e. The van der Waals surface area contributed by atoms with Crippen LogP contribution in [0.4, 0.5) is 0 Å². The van der Waals surface area contributed by atoms with Gasteiger partial charge in [0.1, 0.15) is 6.61 Å². The topological polar surface area (TPSA) is 59.7 Å². The Hall–Kier alpha value is -2.40. The van der Waals surface area contributed by atoms with Crippen molar-refractivity contribution in [1.29, 1.82) is 0 Å². The monoisotopic (exact) mass is 297 g/mol. The van der Waals surface area contributed by atoms with Crippen molar-refractivity contribution < 1.29 is 9.84 Å². The number of fused-ring (bicyclic) bond motifs is 1. The summed E-state index contributed by atoms with van der Waals surface area (Å²) in [5.74, 6) is 0.692. The number of aryl methyl sites for hydroxylation is 1. The highest BCUT2D eigenvalue weighted by Gasteiger charge is 2.08. The maximum atomic E-state index is 8.89. The lowest BCUT2D eigenvalue weighted by atomic mass is 10.2. The fourth-order valence-electron chi connectivity index (χ4n) is 2.31. The molecule has 5 heteroatoms. The zero-order chi connectivity index (χ0) is 15.2. The molecule has 0 spiro atoms. The van der Waals surface area contributed by atoms with Gasteiger partial charge in [0.15, 0.2) is 5.65 Å². The van der Waals surface area contributed by atoms with Crippen LogP contribution in [0.25, 0.3) is 5.65 Å². The highest BCUT2D eigenvalue weighted by atomic mass is 16.5. The van der Waals surface area contributed by atoms with Gasteiger partial charge < -0.3 is 9.84 Å². The van der Waals surface area contributed by atoms with Gasteiger partial charge in [-0.05, 0) is 24.8 Å². The highest BCUT2D eigenvalue weighted by Crippen LogP contribution is 2.17. The lowest BCUT2D eigenvalue weighted by molar-refractivity contribution is 0.282. The van der Waals surface area contributed by atoms with E-state index in [-0.39, 0.29) is 6.61 Å². The third-order valence-electron chi connectivity index (χ3n) is 3.45. The number of aliphatic hydroxyl groups is 1. The quantitative estimate of drug-likeness (QED) is 0.681. The second-order valence-electron chi connectivity index (χ2n) is 5.14. The minimum absolute atomic E-state index is 0.215. The number of aromatic nitrogens is 3. The summed E-state index contributed by atoms with van der Waals surface area (Å²) in [4.78, 5) is 4.56. The summed E-state index contributed by atoms with van der Waals surface area (Å²) in [6.07, 6.45) is 4.23. The number of unbranched alkanes of at least 4 members (excludes halogenated alkanes) is 1. The van der Waals surface area contributed by atoms with Crippen LogP contribution in [0.5, 0.6) is 5.88 Å². The van der Waals surface area contributed by atoms with Gasteiger partial charge in [-0.1, -0.05) is 30.3 Å². The smallest absolute Gasteiger partial charge is 0.218 e. The molecule has 1 aromatic carbocycles. The molecule has 0 radical (unpaired) electrons. The number of aliphatic hydroxyl groups excluding tert-OH is 1. The van der Waals surface area contributed by atoms with Crippen LogP contribution in [0.3, 0.4) is 0 Å². The summed E-state index contributed by atoms with van der Waals surface area (Å²) in [5.41, 5.74) is 2.86. The molecular weight excluding hydrogens is 278 g/mol. The predicted molar refractivity (Wildman–Crippen MR) is 83.8 cm³/mol. The van der Waals surface area contributed by atoms with Crippen molar-refractivity contribution >= 4 is 5.65 Å². The zero-order valence-corrected chi connectivity index (χ0v) is 12.4. The molecule has 0 fully saturated rings. The van der Waals surface area contributed by atoms with E-state index in [1.807, 2.05) is 42.5 Å². The number of benzene rings is 1. The Morgan fingerprint density at radius 1 is 1.09 bits per heavy atom. The average molecular weight is 297 g/mol. The molecule has 114 valence electrons. The zero-order valence-electron chi connectivity index (χ0n) is 12.4. The molecule has 0 amide bonds. The molecule has 0 bridgehead atoms. The predicted octanol–water partition coefficient (Wildman–Crippen LogP) is 2.62. The highest BCUT2D eigenvalue weighted by molar-refractivity contribution is 5.41. The van der Waals surface area contributed by atoms with E-state index in [0.717, 1.165) is 36.2 Å². The lowest BCUT2D eigenvalue weighted by Gasteiger charge is -2.10. The summed E-state index contributed by atoms with van der Waals surface area (Å²) >= 11 is 0. The Morgan fingerprint density at radius 2 is 1.95 bits per heavy atom. The minimum Gasteiger partial charge on any atom is -0.473 e. The summed E-state index contributed by atoms with van der Waals surface area (Å²) in [6.45, 7) is 0.711. The number of rotatable bonds is 7. The average Bonchev–Trinajstić information content (AvgIpc) is 3.02. The van der Waals surface area contributed by atoms with E-state index in [4.69, 9.17) is 9.84 Å². The Bertz CT molecular complexity index is 725. The van der Waals surface area contributed by atoms with Gasteiger partial charge in [-0.15, -0.1) is 0 Å². The summed E-state index contributed by atoms with van der Waals surface area (Å²) in [7, 11) is 0. The van der Waals surface area contributed by atoms with Gasteiger partial charge >= 0.3 is 0 Å². The van der Waals surface area contributed by atoms with Gasteiger partial charge in [0.05, 0.1) is 6.20 Å². The Kier molecular flexibility index (Phi) is 4.65. The maximum Gasteiger partial charge on any atom is 0.218 e. The van der Waals surface area contributed by atoms with Gasteiger partial charge in [-0.2, -0.15) is 9.61 Å². The molecule has 0 aliphatic rings. The van der Waals surface area contributed by atoms with Crippen LogP contribution in [-0.2, 0) is 13.0 Å². The van der Waals surface area contributed by atoms with Crippen molar-refractivity contribution in [3.05, 3.63) is 59.9 Å². The van der Waals surface area contributed by atoms with Crippen molar-refractivity contribution in [3.63, 3.8) is 0 Å². The standard InChI is InChI=1S/C17H19N3O2/c21-11-5-4-8-15-12-17(20-16(19-15)9-10-18-20)22-13-14-6-2-1-3-7-14/h1-3,6-7,9-10,12,21H,4-5,8,11,13H2. The fraction of sp³-hybridized carbons (Fsp3) is 0.294. The number of hydrogen-bond donors (Lipinski definition) is 1. The molecule has 22 heavy (non-hydrogen) atoms. The first kappa shape index (κ1) is 14.5. The van der Waals surface area contributed by atoms with Crippen LogP contribution in [0, 0.1) is 0 Å². The Labute approximate surface area is 129 Å². The van der Waals surface area contributed by atoms with Gasteiger partial charge in [0.25, 0.3) is 0 Å².